The van der Waals surface area contributed by atoms with Gasteiger partial charge in [-0.25, -0.2) is 0 Å². The van der Waals surface area contributed by atoms with Gasteiger partial charge in [0, 0.05) is 0 Å². The minimum atomic E-state index is 0.188. The summed E-state index contributed by atoms with van der Waals surface area (Å²) in [4.78, 5) is 15.1. The molecule has 45 heavy (non-hydrogen) atoms. The van der Waals surface area contributed by atoms with Gasteiger partial charge in [0.15, 0.2) is 0 Å². The van der Waals surface area contributed by atoms with E-state index < -0.39 is 0 Å². The summed E-state index contributed by atoms with van der Waals surface area (Å²) in [6.07, 6.45) is 0. The number of fused-ring (bicyclic) bond motifs is 7. The molecule has 9 rings (SSSR count). The Kier molecular flexibility index (Phi) is 6.15. The number of hydrogen-bond donors (Lipinski definition) is 0. The Hall–Kier alpha value is -5.41. The summed E-state index contributed by atoms with van der Waals surface area (Å²) < 4.78 is 2.88. The molecule has 0 spiro atoms. The molecule has 4 heteroatoms. The first-order valence-corrected chi connectivity index (χ1v) is 16.8. The standard InChI is InChI=1S/C41H25N3Se/c1-3-13-28(14-4-1)39-42-40(29-15-5-2-6-16-29)44-41(43-39)33-19-10-9-18-31(33)32-20-11-21-35-37(32)34-25-24-27-23-22-26-12-7-8-17-30(26)36(27)38(34)45-35/h1-25H. The van der Waals surface area contributed by atoms with Crippen LogP contribution < -0.4 is 0 Å². The van der Waals surface area contributed by atoms with E-state index in [-0.39, 0.29) is 14.5 Å². The van der Waals surface area contributed by atoms with E-state index in [1.807, 2.05) is 36.4 Å². The molecule has 0 aliphatic rings. The van der Waals surface area contributed by atoms with Crippen LogP contribution in [0.25, 0.3) is 86.1 Å². The van der Waals surface area contributed by atoms with Crippen LogP contribution in [0.2, 0.25) is 0 Å². The molecule has 0 saturated heterocycles. The first-order valence-electron chi connectivity index (χ1n) is 15.0. The second-order valence-corrected chi connectivity index (χ2v) is 13.4. The molecule has 0 fully saturated rings. The van der Waals surface area contributed by atoms with Crippen LogP contribution in [0, 0.1) is 0 Å². The van der Waals surface area contributed by atoms with E-state index in [1.165, 1.54) is 46.4 Å². The Morgan fingerprint density at radius 1 is 0.356 bits per heavy atom. The molecule has 0 bridgehead atoms. The molecular weight excluding hydrogens is 613 g/mol. The van der Waals surface area contributed by atoms with E-state index in [4.69, 9.17) is 15.0 Å². The van der Waals surface area contributed by atoms with E-state index in [9.17, 15) is 0 Å². The topological polar surface area (TPSA) is 38.7 Å². The van der Waals surface area contributed by atoms with Gasteiger partial charge in [-0.2, -0.15) is 0 Å². The number of benzene rings is 7. The summed E-state index contributed by atoms with van der Waals surface area (Å²) in [5.41, 5.74) is 5.26. The zero-order valence-corrected chi connectivity index (χ0v) is 25.9. The van der Waals surface area contributed by atoms with E-state index >= 15 is 0 Å². The number of nitrogens with zero attached hydrogens (tertiary/aromatic N) is 3. The van der Waals surface area contributed by atoms with Gasteiger partial charge < -0.3 is 0 Å². The predicted octanol–water partition coefficient (Wildman–Crippen LogP) is 10.2. The van der Waals surface area contributed by atoms with Crippen LogP contribution >= 0.6 is 0 Å². The van der Waals surface area contributed by atoms with Crippen molar-refractivity contribution in [3.05, 3.63) is 152 Å². The Morgan fingerprint density at radius 3 is 1.69 bits per heavy atom. The predicted molar refractivity (Wildman–Crippen MR) is 189 cm³/mol. The average Bonchev–Trinajstić information content (AvgIpc) is 3.51. The molecule has 0 atom stereocenters. The van der Waals surface area contributed by atoms with E-state index in [2.05, 4.69) is 115 Å². The Morgan fingerprint density at radius 2 is 0.933 bits per heavy atom. The molecule has 2 heterocycles. The van der Waals surface area contributed by atoms with Gasteiger partial charge in [0.05, 0.1) is 0 Å². The van der Waals surface area contributed by atoms with Gasteiger partial charge in [-0.1, -0.05) is 0 Å². The average molecular weight is 639 g/mol. The molecule has 0 radical (unpaired) electrons. The molecular formula is C41H25N3Se. The van der Waals surface area contributed by atoms with Crippen molar-refractivity contribution in [2.75, 3.05) is 0 Å². The number of aromatic nitrogens is 3. The fourth-order valence-electron chi connectivity index (χ4n) is 6.44. The fraction of sp³-hybridized carbons (Fsp3) is 0. The molecule has 0 aliphatic heterocycles. The summed E-state index contributed by atoms with van der Waals surface area (Å²) in [5.74, 6) is 2.00. The van der Waals surface area contributed by atoms with Gasteiger partial charge in [-0.05, 0) is 0 Å². The third-order valence-electron chi connectivity index (χ3n) is 8.53. The van der Waals surface area contributed by atoms with Gasteiger partial charge in [0.1, 0.15) is 0 Å². The third-order valence-corrected chi connectivity index (χ3v) is 11.0. The van der Waals surface area contributed by atoms with Crippen LogP contribution in [0.15, 0.2) is 152 Å². The zero-order valence-electron chi connectivity index (χ0n) is 24.2. The van der Waals surface area contributed by atoms with Crippen LogP contribution in [0.4, 0.5) is 0 Å². The quantitative estimate of drug-likeness (QED) is 0.142. The summed E-state index contributed by atoms with van der Waals surface area (Å²) in [6, 6.07) is 53.5. The van der Waals surface area contributed by atoms with Crippen LogP contribution in [0.3, 0.4) is 0 Å². The van der Waals surface area contributed by atoms with Crippen LogP contribution in [0.1, 0.15) is 0 Å². The van der Waals surface area contributed by atoms with Crippen LogP contribution in [0.5, 0.6) is 0 Å². The molecule has 0 N–H and O–H groups in total. The summed E-state index contributed by atoms with van der Waals surface area (Å²) in [5, 5.41) is 7.97. The summed E-state index contributed by atoms with van der Waals surface area (Å²) in [6.45, 7) is 0. The van der Waals surface area contributed by atoms with Crippen molar-refractivity contribution in [3.63, 3.8) is 0 Å². The van der Waals surface area contributed by atoms with Crippen molar-refractivity contribution >= 4 is 55.3 Å². The molecule has 7 aromatic carbocycles. The first-order chi connectivity index (χ1) is 22.3. The van der Waals surface area contributed by atoms with Gasteiger partial charge in [-0.3, -0.25) is 0 Å². The van der Waals surface area contributed by atoms with Crippen molar-refractivity contribution in [3.8, 4) is 45.3 Å². The first kappa shape index (κ1) is 26.0. The molecule has 0 amide bonds. The van der Waals surface area contributed by atoms with E-state index in [0.717, 1.165) is 22.3 Å². The molecule has 2 aromatic heterocycles. The molecule has 0 saturated carbocycles. The van der Waals surface area contributed by atoms with Gasteiger partial charge in [0.2, 0.25) is 0 Å². The SMILES string of the molecule is c1ccc(-c2nc(-c3ccccc3)nc(-c3ccccc3-c3cccc4[se]c5c(ccc6ccc7ccccc7c65)c34)n2)cc1. The monoisotopic (exact) mass is 639 g/mol. The molecule has 3 nitrogen and oxygen atoms in total. The minimum absolute atomic E-state index is 0.188. The molecule has 9 aromatic rings. The van der Waals surface area contributed by atoms with Crippen LogP contribution in [-0.2, 0) is 0 Å². The Balaban J connectivity index is 1.31. The normalized spacial score (nSPS) is 11.6. The van der Waals surface area contributed by atoms with Gasteiger partial charge in [0.25, 0.3) is 0 Å². The summed E-state index contributed by atoms with van der Waals surface area (Å²) >= 11 is 0.188. The van der Waals surface area contributed by atoms with Crippen molar-refractivity contribution in [1.82, 2.24) is 15.0 Å². The van der Waals surface area contributed by atoms with E-state index in [0.29, 0.717) is 17.5 Å². The van der Waals surface area contributed by atoms with Crippen molar-refractivity contribution in [1.29, 1.82) is 0 Å². The Bertz CT molecular complexity index is 2480. The fourth-order valence-corrected chi connectivity index (χ4v) is 9.16. The maximum absolute atomic E-state index is 5.08. The Labute approximate surface area is 266 Å². The molecule has 210 valence electrons. The van der Waals surface area contributed by atoms with Gasteiger partial charge in [-0.15, -0.1) is 0 Å². The number of hydrogen-bond acceptors (Lipinski definition) is 3. The third kappa shape index (κ3) is 4.38. The number of rotatable bonds is 4. The van der Waals surface area contributed by atoms with Crippen molar-refractivity contribution in [2.45, 2.75) is 0 Å². The van der Waals surface area contributed by atoms with Crippen LogP contribution in [-0.4, -0.2) is 29.5 Å². The zero-order chi connectivity index (χ0) is 29.7. The summed E-state index contributed by atoms with van der Waals surface area (Å²) in [7, 11) is 0. The second-order valence-electron chi connectivity index (χ2n) is 11.2. The van der Waals surface area contributed by atoms with Crippen molar-refractivity contribution < 1.29 is 0 Å². The molecule has 0 unspecified atom stereocenters. The van der Waals surface area contributed by atoms with Gasteiger partial charge >= 0.3 is 267 Å². The maximum atomic E-state index is 5.08. The van der Waals surface area contributed by atoms with E-state index in [1.54, 1.807) is 0 Å². The molecule has 0 aliphatic carbocycles. The van der Waals surface area contributed by atoms with Crippen molar-refractivity contribution in [2.24, 2.45) is 0 Å². The second kappa shape index (κ2) is 10.6.